The van der Waals surface area contributed by atoms with Crippen molar-refractivity contribution < 1.29 is 19.0 Å². The molecule has 1 aromatic heterocycles. The Morgan fingerprint density at radius 1 is 1.04 bits per heavy atom. The Kier molecular flexibility index (Phi) is 6.64. The number of hydrogen-bond donors (Lipinski definition) is 0. The lowest BCUT2D eigenvalue weighted by molar-refractivity contribution is 0.130. The normalized spacial score (nSPS) is 12.9. The molecule has 1 aromatic carbocycles. The maximum Gasteiger partial charge on any atom is 0.224 e. The lowest BCUT2D eigenvalue weighted by Gasteiger charge is -2.09. The Balaban J connectivity index is 2.22. The first-order valence-electron chi connectivity index (χ1n) is 7.38. The van der Waals surface area contributed by atoms with E-state index in [1.807, 2.05) is 24.3 Å². The molecule has 0 fully saturated rings. The number of oxime groups is 3. The largest absolute Gasteiger partial charge is 0.399 e. The van der Waals surface area contributed by atoms with E-state index in [4.69, 9.17) is 19.0 Å². The number of rotatable bonds is 8. The zero-order chi connectivity index (χ0) is 18.1. The summed E-state index contributed by atoms with van der Waals surface area (Å²) in [5, 5.41) is 15.6. The third-order valence-corrected chi connectivity index (χ3v) is 3.20. The van der Waals surface area contributed by atoms with E-state index in [0.717, 1.165) is 11.1 Å². The summed E-state index contributed by atoms with van der Waals surface area (Å²) in [5.74, 6) is 0.317. The van der Waals surface area contributed by atoms with E-state index in [0.29, 0.717) is 23.0 Å². The van der Waals surface area contributed by atoms with Crippen LogP contribution in [0.3, 0.4) is 0 Å². The van der Waals surface area contributed by atoms with E-state index in [2.05, 4.69) is 25.6 Å². The quantitative estimate of drug-likeness (QED) is 0.537. The molecule has 25 heavy (non-hydrogen) atoms. The van der Waals surface area contributed by atoms with E-state index in [9.17, 15) is 0 Å². The Morgan fingerprint density at radius 2 is 1.76 bits per heavy atom. The summed E-state index contributed by atoms with van der Waals surface area (Å²) in [4.78, 5) is 19.1. The van der Waals surface area contributed by atoms with Crippen LogP contribution in [0.2, 0.25) is 0 Å². The summed E-state index contributed by atoms with van der Waals surface area (Å²) >= 11 is 0. The van der Waals surface area contributed by atoms with Gasteiger partial charge in [0.25, 0.3) is 0 Å². The molecular formula is C16H19N5O4. The maximum absolute atomic E-state index is 5.43. The molecule has 0 atom stereocenters. The van der Waals surface area contributed by atoms with Crippen molar-refractivity contribution in [1.82, 2.24) is 10.1 Å². The molecule has 0 amide bonds. The summed E-state index contributed by atoms with van der Waals surface area (Å²) in [7, 11) is 2.92. The summed E-state index contributed by atoms with van der Waals surface area (Å²) in [6.45, 7) is 3.77. The molecule has 0 aliphatic carbocycles. The Labute approximate surface area is 144 Å². The first kappa shape index (κ1) is 18.1. The minimum absolute atomic E-state index is 0.217. The van der Waals surface area contributed by atoms with E-state index in [1.54, 1.807) is 13.8 Å². The van der Waals surface area contributed by atoms with E-state index >= 15 is 0 Å². The zero-order valence-corrected chi connectivity index (χ0v) is 14.5. The number of benzene rings is 1. The first-order chi connectivity index (χ1) is 12.2. The molecular weight excluding hydrogens is 326 g/mol. The van der Waals surface area contributed by atoms with Gasteiger partial charge in [0.1, 0.15) is 32.2 Å². The lowest BCUT2D eigenvalue weighted by atomic mass is 10.0. The zero-order valence-electron chi connectivity index (χ0n) is 14.5. The first-order valence-corrected chi connectivity index (χ1v) is 7.38. The number of nitrogens with zero attached hydrogens (tertiary/aromatic N) is 5. The van der Waals surface area contributed by atoms with Crippen LogP contribution in [-0.4, -0.2) is 41.5 Å². The third-order valence-electron chi connectivity index (χ3n) is 3.20. The van der Waals surface area contributed by atoms with Crippen molar-refractivity contribution in [3.63, 3.8) is 0 Å². The second kappa shape index (κ2) is 9.16. The average molecular weight is 345 g/mol. The van der Waals surface area contributed by atoms with Crippen molar-refractivity contribution in [2.45, 2.75) is 20.5 Å². The molecule has 0 radical (unpaired) electrons. The van der Waals surface area contributed by atoms with E-state index in [1.165, 1.54) is 20.6 Å². The smallest absolute Gasteiger partial charge is 0.224 e. The highest BCUT2D eigenvalue weighted by atomic mass is 16.6. The van der Waals surface area contributed by atoms with Gasteiger partial charge in [-0.3, -0.25) is 0 Å². The highest BCUT2D eigenvalue weighted by Gasteiger charge is 2.17. The van der Waals surface area contributed by atoms with Crippen LogP contribution in [-0.2, 0) is 21.1 Å². The van der Waals surface area contributed by atoms with Crippen molar-refractivity contribution in [2.75, 3.05) is 14.2 Å². The molecule has 9 heteroatoms. The predicted molar refractivity (Wildman–Crippen MR) is 91.4 cm³/mol. The van der Waals surface area contributed by atoms with Gasteiger partial charge in [0.05, 0.1) is 0 Å². The van der Waals surface area contributed by atoms with Gasteiger partial charge in [-0.2, -0.15) is 4.98 Å². The minimum atomic E-state index is 0.217. The molecule has 9 nitrogen and oxygen atoms in total. The van der Waals surface area contributed by atoms with Crippen LogP contribution in [0.25, 0.3) is 0 Å². The van der Waals surface area contributed by atoms with Gasteiger partial charge in [-0.1, -0.05) is 44.9 Å². The molecule has 2 rings (SSSR count). The van der Waals surface area contributed by atoms with Crippen LogP contribution in [0.15, 0.2) is 50.6 Å². The van der Waals surface area contributed by atoms with E-state index in [-0.39, 0.29) is 6.61 Å². The van der Waals surface area contributed by atoms with Gasteiger partial charge in [-0.25, -0.2) is 0 Å². The average Bonchev–Trinajstić information content (AvgIpc) is 3.14. The molecule has 0 N–H and O–H groups in total. The topological polar surface area (TPSA) is 104 Å². The van der Waals surface area contributed by atoms with Crippen molar-refractivity contribution in [3.8, 4) is 0 Å². The van der Waals surface area contributed by atoms with Gasteiger partial charge in [0, 0.05) is 11.1 Å². The Morgan fingerprint density at radius 3 is 2.44 bits per heavy atom. The van der Waals surface area contributed by atoms with Gasteiger partial charge in [-0.15, -0.1) is 0 Å². The summed E-state index contributed by atoms with van der Waals surface area (Å²) in [6.07, 6.45) is 1.23. The molecule has 1 heterocycles. The van der Waals surface area contributed by atoms with Crippen molar-refractivity contribution in [2.24, 2.45) is 15.5 Å². The van der Waals surface area contributed by atoms with Gasteiger partial charge in [-0.05, 0) is 13.8 Å². The molecule has 0 aliphatic rings. The second-order valence-electron chi connectivity index (χ2n) is 4.84. The standard InChI is InChI=1S/C16H19N5O4/c1-11(18-22-3)12(2)19-24-9-13-7-5-6-8-14(13)15(20-23-4)16-17-10-25-21-16/h5-8,10H,9H2,1-4H3/b18-11-,19-12-,20-15+. The fraction of sp³-hybridized carbons (Fsp3) is 0.312. The lowest BCUT2D eigenvalue weighted by Crippen LogP contribution is -2.11. The van der Waals surface area contributed by atoms with Crippen LogP contribution in [0.4, 0.5) is 0 Å². The summed E-state index contributed by atoms with van der Waals surface area (Å²) in [5.41, 5.74) is 3.27. The highest BCUT2D eigenvalue weighted by molar-refractivity contribution is 6.40. The van der Waals surface area contributed by atoms with Crippen molar-refractivity contribution >= 4 is 17.1 Å². The maximum atomic E-state index is 5.43. The molecule has 2 aromatic rings. The molecule has 0 unspecified atom stereocenters. The van der Waals surface area contributed by atoms with Crippen LogP contribution in [0, 0.1) is 0 Å². The Hall–Kier alpha value is -3.23. The minimum Gasteiger partial charge on any atom is -0.399 e. The van der Waals surface area contributed by atoms with Crippen molar-refractivity contribution in [3.05, 3.63) is 47.6 Å². The highest BCUT2D eigenvalue weighted by Crippen LogP contribution is 2.15. The molecule has 0 saturated heterocycles. The van der Waals surface area contributed by atoms with Gasteiger partial charge in [0.2, 0.25) is 12.2 Å². The fourth-order valence-corrected chi connectivity index (χ4v) is 1.92. The predicted octanol–water partition coefficient (Wildman–Crippen LogP) is 2.38. The summed E-state index contributed by atoms with van der Waals surface area (Å²) in [6, 6.07) is 7.51. The monoisotopic (exact) mass is 345 g/mol. The van der Waals surface area contributed by atoms with Crippen LogP contribution in [0.1, 0.15) is 30.8 Å². The SMILES string of the molecule is CO/N=C(C)\C(C)=N/OCc1ccccc1/C(=N\OC)c1ncon1. The number of hydrogen-bond acceptors (Lipinski definition) is 9. The molecule has 132 valence electrons. The summed E-state index contributed by atoms with van der Waals surface area (Å²) < 4.78 is 4.79. The van der Waals surface area contributed by atoms with E-state index < -0.39 is 0 Å². The molecule has 0 bridgehead atoms. The fourth-order valence-electron chi connectivity index (χ4n) is 1.92. The molecule has 0 spiro atoms. The Bertz CT molecular complexity index is 769. The van der Waals surface area contributed by atoms with Gasteiger partial charge < -0.3 is 19.0 Å². The van der Waals surface area contributed by atoms with Crippen LogP contribution in [0.5, 0.6) is 0 Å². The molecule has 0 aliphatic heterocycles. The number of aromatic nitrogens is 2. The third kappa shape index (κ3) is 4.87. The van der Waals surface area contributed by atoms with Crippen molar-refractivity contribution in [1.29, 1.82) is 0 Å². The van der Waals surface area contributed by atoms with Crippen LogP contribution >= 0.6 is 0 Å². The van der Waals surface area contributed by atoms with Crippen LogP contribution < -0.4 is 0 Å². The second-order valence-corrected chi connectivity index (χ2v) is 4.84. The molecule has 0 saturated carbocycles. The van der Waals surface area contributed by atoms with Gasteiger partial charge >= 0.3 is 0 Å². The van der Waals surface area contributed by atoms with Gasteiger partial charge in [0.15, 0.2) is 5.71 Å².